The molecule has 4 amide bonds. The molecule has 120 valence electrons. The minimum absolute atomic E-state index is 0.0534. The van der Waals surface area contributed by atoms with E-state index in [1.807, 2.05) is 35.7 Å². The summed E-state index contributed by atoms with van der Waals surface area (Å²) in [6.07, 6.45) is 1.89. The third-order valence-corrected chi connectivity index (χ3v) is 3.87. The number of fused-ring (bicyclic) bond motifs is 1. The average Bonchev–Trinajstić information content (AvgIpc) is 3.01. The van der Waals surface area contributed by atoms with Crippen LogP contribution in [-0.2, 0) is 16.1 Å². The van der Waals surface area contributed by atoms with Crippen molar-refractivity contribution < 1.29 is 14.4 Å². The fraction of sp³-hybridized carbons (Fsp3) is 0.333. The normalized spacial score (nSPS) is 14.4. The van der Waals surface area contributed by atoms with Crippen LogP contribution in [0, 0.1) is 6.92 Å². The van der Waals surface area contributed by atoms with Gasteiger partial charge >= 0.3 is 6.03 Å². The molecule has 0 unspecified atom stereocenters. The van der Waals surface area contributed by atoms with Gasteiger partial charge in [-0.3, -0.25) is 14.5 Å². The van der Waals surface area contributed by atoms with Crippen molar-refractivity contribution >= 4 is 23.5 Å². The monoisotopic (exact) mass is 315 g/mol. The van der Waals surface area contributed by atoms with Crippen LogP contribution in [0.1, 0.15) is 11.4 Å². The van der Waals surface area contributed by atoms with E-state index in [9.17, 15) is 14.4 Å². The van der Waals surface area contributed by atoms with Crippen molar-refractivity contribution in [3.63, 3.8) is 0 Å². The van der Waals surface area contributed by atoms with E-state index in [0.29, 0.717) is 6.54 Å². The van der Waals surface area contributed by atoms with E-state index in [0.717, 1.165) is 21.9 Å². The van der Waals surface area contributed by atoms with Gasteiger partial charge < -0.3 is 14.6 Å². The van der Waals surface area contributed by atoms with Gasteiger partial charge in [0.1, 0.15) is 12.2 Å². The Labute approximate surface area is 132 Å². The quantitative estimate of drug-likeness (QED) is 0.814. The maximum absolute atomic E-state index is 12.3. The summed E-state index contributed by atoms with van der Waals surface area (Å²) in [7, 11) is 1.64. The highest BCUT2D eigenvalue weighted by atomic mass is 16.2. The summed E-state index contributed by atoms with van der Waals surface area (Å²) in [6.45, 7) is 1.93. The molecule has 1 N–H and O–H groups in total. The SMILES string of the molecule is Cc1nc2ccccn2c1CN(C)C(=O)CN1C(=O)CNC1=O. The number of nitrogens with zero attached hydrogens (tertiary/aromatic N) is 4. The van der Waals surface area contributed by atoms with Gasteiger partial charge in [-0.2, -0.15) is 0 Å². The van der Waals surface area contributed by atoms with Crippen molar-refractivity contribution in [2.75, 3.05) is 20.1 Å². The molecule has 0 aliphatic carbocycles. The molecule has 1 saturated heterocycles. The second-order valence-electron chi connectivity index (χ2n) is 5.46. The van der Waals surface area contributed by atoms with Crippen molar-refractivity contribution in [2.45, 2.75) is 13.5 Å². The summed E-state index contributed by atoms with van der Waals surface area (Å²) in [6, 6.07) is 5.17. The molecular weight excluding hydrogens is 298 g/mol. The number of aromatic nitrogens is 2. The molecular formula is C15H17N5O3. The molecule has 0 aromatic carbocycles. The Morgan fingerprint density at radius 2 is 2.17 bits per heavy atom. The van der Waals surface area contributed by atoms with Crippen LogP contribution >= 0.6 is 0 Å². The number of amides is 4. The Kier molecular flexibility index (Phi) is 3.73. The van der Waals surface area contributed by atoms with Gasteiger partial charge in [0.15, 0.2) is 0 Å². The fourth-order valence-corrected chi connectivity index (χ4v) is 2.54. The van der Waals surface area contributed by atoms with Crippen LogP contribution in [0.4, 0.5) is 4.79 Å². The molecule has 0 atom stereocenters. The second-order valence-corrected chi connectivity index (χ2v) is 5.46. The van der Waals surface area contributed by atoms with Crippen LogP contribution in [0.2, 0.25) is 0 Å². The van der Waals surface area contributed by atoms with Crippen LogP contribution in [0.3, 0.4) is 0 Å². The number of carbonyl (C=O) groups excluding carboxylic acids is 3. The van der Waals surface area contributed by atoms with Gasteiger partial charge in [0.25, 0.3) is 5.91 Å². The van der Waals surface area contributed by atoms with Crippen LogP contribution < -0.4 is 5.32 Å². The highest BCUT2D eigenvalue weighted by Crippen LogP contribution is 2.14. The van der Waals surface area contributed by atoms with Gasteiger partial charge in [0.05, 0.1) is 24.5 Å². The number of imide groups is 1. The minimum Gasteiger partial charge on any atom is -0.338 e. The lowest BCUT2D eigenvalue weighted by molar-refractivity contribution is -0.136. The van der Waals surface area contributed by atoms with Gasteiger partial charge in [0, 0.05) is 13.2 Å². The molecule has 8 nitrogen and oxygen atoms in total. The maximum atomic E-state index is 12.3. The van der Waals surface area contributed by atoms with Crippen LogP contribution in [0.25, 0.3) is 5.65 Å². The number of nitrogens with one attached hydrogen (secondary N) is 1. The molecule has 2 aromatic heterocycles. The first-order valence-electron chi connectivity index (χ1n) is 7.22. The van der Waals surface area contributed by atoms with Crippen LogP contribution in [-0.4, -0.2) is 57.2 Å². The largest absolute Gasteiger partial charge is 0.338 e. The van der Waals surface area contributed by atoms with E-state index in [-0.39, 0.29) is 24.9 Å². The van der Waals surface area contributed by atoms with E-state index in [4.69, 9.17) is 0 Å². The predicted octanol–water partition coefficient (Wildman–Crippen LogP) is 0.153. The van der Waals surface area contributed by atoms with Crippen molar-refractivity contribution in [1.29, 1.82) is 0 Å². The lowest BCUT2D eigenvalue weighted by Gasteiger charge is -2.20. The van der Waals surface area contributed by atoms with Crippen LogP contribution in [0.15, 0.2) is 24.4 Å². The van der Waals surface area contributed by atoms with Crippen molar-refractivity contribution in [1.82, 2.24) is 24.5 Å². The first kappa shape index (κ1) is 15.0. The zero-order valence-corrected chi connectivity index (χ0v) is 12.9. The Balaban J connectivity index is 1.74. The zero-order chi connectivity index (χ0) is 16.6. The van der Waals surface area contributed by atoms with Gasteiger partial charge in [-0.05, 0) is 19.1 Å². The Morgan fingerprint density at radius 1 is 1.39 bits per heavy atom. The summed E-state index contributed by atoms with van der Waals surface area (Å²) in [5.41, 5.74) is 2.55. The molecule has 1 aliphatic rings. The Bertz CT molecular complexity index is 782. The maximum Gasteiger partial charge on any atom is 0.325 e. The summed E-state index contributed by atoms with van der Waals surface area (Å²) >= 11 is 0. The van der Waals surface area contributed by atoms with Crippen molar-refractivity contribution in [3.8, 4) is 0 Å². The number of likely N-dealkylation sites (N-methyl/N-ethyl adjacent to an activating group) is 1. The minimum atomic E-state index is -0.525. The molecule has 8 heteroatoms. The van der Waals surface area contributed by atoms with E-state index in [1.54, 1.807) is 7.05 Å². The van der Waals surface area contributed by atoms with E-state index in [2.05, 4.69) is 10.3 Å². The summed E-state index contributed by atoms with van der Waals surface area (Å²) in [5, 5.41) is 2.40. The number of hydrogen-bond acceptors (Lipinski definition) is 4. The molecule has 0 saturated carbocycles. The molecule has 0 bridgehead atoms. The van der Waals surface area contributed by atoms with E-state index in [1.165, 1.54) is 4.90 Å². The standard InChI is InChI=1S/C15H17N5O3/c1-10-11(19-6-4-3-5-12(19)17-10)8-18(2)14(22)9-20-13(21)7-16-15(20)23/h3-6H,7-9H2,1-2H3,(H,16,23). The van der Waals surface area contributed by atoms with Crippen molar-refractivity contribution in [2.24, 2.45) is 0 Å². The smallest absolute Gasteiger partial charge is 0.325 e. The molecule has 0 radical (unpaired) electrons. The highest BCUT2D eigenvalue weighted by Gasteiger charge is 2.31. The molecule has 1 aliphatic heterocycles. The number of imidazole rings is 1. The Hall–Kier alpha value is -2.90. The van der Waals surface area contributed by atoms with Gasteiger partial charge in [-0.25, -0.2) is 9.78 Å². The number of hydrogen-bond donors (Lipinski definition) is 1. The van der Waals surface area contributed by atoms with E-state index >= 15 is 0 Å². The molecule has 3 heterocycles. The lowest BCUT2D eigenvalue weighted by Crippen LogP contribution is -2.41. The molecule has 1 fully saturated rings. The fourth-order valence-electron chi connectivity index (χ4n) is 2.54. The summed E-state index contributed by atoms with van der Waals surface area (Å²) in [4.78, 5) is 42.2. The number of pyridine rings is 1. The topological polar surface area (TPSA) is 87.0 Å². The first-order valence-corrected chi connectivity index (χ1v) is 7.22. The molecule has 0 spiro atoms. The second kappa shape index (κ2) is 5.71. The number of rotatable bonds is 4. The predicted molar refractivity (Wildman–Crippen MR) is 81.5 cm³/mol. The van der Waals surface area contributed by atoms with Crippen molar-refractivity contribution in [3.05, 3.63) is 35.8 Å². The highest BCUT2D eigenvalue weighted by molar-refractivity contribution is 6.04. The number of aryl methyl sites for hydroxylation is 1. The van der Waals surface area contributed by atoms with Crippen LogP contribution in [0.5, 0.6) is 0 Å². The Morgan fingerprint density at radius 3 is 2.87 bits per heavy atom. The zero-order valence-electron chi connectivity index (χ0n) is 12.9. The van der Waals surface area contributed by atoms with Gasteiger partial charge in [-0.15, -0.1) is 0 Å². The molecule has 3 rings (SSSR count). The molecule has 2 aromatic rings. The molecule has 23 heavy (non-hydrogen) atoms. The third kappa shape index (κ3) is 2.75. The number of urea groups is 1. The van der Waals surface area contributed by atoms with Gasteiger partial charge in [-0.1, -0.05) is 6.07 Å². The summed E-state index contributed by atoms with van der Waals surface area (Å²) < 4.78 is 1.92. The summed E-state index contributed by atoms with van der Waals surface area (Å²) in [5.74, 6) is -0.691. The third-order valence-electron chi connectivity index (χ3n) is 3.87. The van der Waals surface area contributed by atoms with Gasteiger partial charge in [0.2, 0.25) is 5.91 Å². The first-order chi connectivity index (χ1) is 11.0. The lowest BCUT2D eigenvalue weighted by atomic mass is 10.3. The number of carbonyl (C=O) groups is 3. The van der Waals surface area contributed by atoms with E-state index < -0.39 is 6.03 Å². The average molecular weight is 315 g/mol.